The van der Waals surface area contributed by atoms with E-state index < -0.39 is 0 Å². The lowest BCUT2D eigenvalue weighted by atomic mass is 10.1. The number of nitro groups is 1. The third-order valence-electron chi connectivity index (χ3n) is 2.32. The number of likely N-dealkylation sites (N-methyl/N-ethyl adjacent to an activating group) is 1. The molecule has 16 heavy (non-hydrogen) atoms. The molecule has 1 N–H and O–H groups in total. The van der Waals surface area contributed by atoms with E-state index in [1.807, 2.05) is 19.9 Å². The van der Waals surface area contributed by atoms with Crippen molar-refractivity contribution < 1.29 is 4.92 Å². The maximum Gasteiger partial charge on any atom is 0.273 e. The summed E-state index contributed by atoms with van der Waals surface area (Å²) in [7, 11) is 0. The quantitative estimate of drug-likeness (QED) is 0.669. The van der Waals surface area contributed by atoms with E-state index in [4.69, 9.17) is 0 Å². The molecule has 0 saturated heterocycles. The molecule has 1 atom stereocenters. The molecule has 0 fully saturated rings. The van der Waals surface area contributed by atoms with Crippen molar-refractivity contribution in [3.8, 4) is 0 Å². The second kappa shape index (κ2) is 5.96. The van der Waals surface area contributed by atoms with E-state index in [0.29, 0.717) is 6.42 Å². The molecule has 1 rings (SSSR count). The fraction of sp³-hybridized carbons (Fsp3) is 0.455. The van der Waals surface area contributed by atoms with Gasteiger partial charge in [-0.25, -0.2) is 0 Å². The zero-order chi connectivity index (χ0) is 12.1. The van der Waals surface area contributed by atoms with Gasteiger partial charge in [0.2, 0.25) is 0 Å². The Morgan fingerprint density at radius 1 is 1.56 bits per heavy atom. The zero-order valence-corrected chi connectivity index (χ0v) is 11.0. The van der Waals surface area contributed by atoms with Gasteiger partial charge in [-0.1, -0.05) is 28.9 Å². The van der Waals surface area contributed by atoms with Gasteiger partial charge in [-0.15, -0.1) is 0 Å². The molecule has 0 saturated carbocycles. The zero-order valence-electron chi connectivity index (χ0n) is 9.37. The van der Waals surface area contributed by atoms with Crippen LogP contribution in [-0.2, 0) is 6.42 Å². The molecule has 0 radical (unpaired) electrons. The number of benzene rings is 1. The van der Waals surface area contributed by atoms with Crippen LogP contribution in [0.5, 0.6) is 0 Å². The molecule has 0 aromatic heterocycles. The van der Waals surface area contributed by atoms with Crippen molar-refractivity contribution in [3.63, 3.8) is 0 Å². The number of nitrogens with zero attached hydrogens (tertiary/aromatic N) is 1. The number of hydrogen-bond donors (Lipinski definition) is 1. The Bertz CT molecular complexity index is 382. The van der Waals surface area contributed by atoms with E-state index in [-0.39, 0.29) is 16.7 Å². The van der Waals surface area contributed by atoms with E-state index in [1.54, 1.807) is 12.1 Å². The highest BCUT2D eigenvalue weighted by Crippen LogP contribution is 2.24. The lowest BCUT2D eigenvalue weighted by Crippen LogP contribution is -2.27. The third kappa shape index (κ3) is 3.57. The summed E-state index contributed by atoms with van der Waals surface area (Å²) < 4.78 is 0.735. The molecule has 1 aromatic carbocycles. The van der Waals surface area contributed by atoms with E-state index >= 15 is 0 Å². The molecule has 4 nitrogen and oxygen atoms in total. The van der Waals surface area contributed by atoms with Gasteiger partial charge in [0, 0.05) is 22.1 Å². The number of halogens is 1. The van der Waals surface area contributed by atoms with E-state index in [0.717, 1.165) is 16.6 Å². The van der Waals surface area contributed by atoms with Gasteiger partial charge >= 0.3 is 0 Å². The largest absolute Gasteiger partial charge is 0.314 e. The number of rotatable bonds is 5. The van der Waals surface area contributed by atoms with Crippen molar-refractivity contribution in [3.05, 3.63) is 38.3 Å². The lowest BCUT2D eigenvalue weighted by Gasteiger charge is -2.12. The molecule has 5 heteroatoms. The fourth-order valence-electron chi connectivity index (χ4n) is 1.63. The molecule has 0 heterocycles. The van der Waals surface area contributed by atoms with Gasteiger partial charge in [-0.2, -0.15) is 0 Å². The summed E-state index contributed by atoms with van der Waals surface area (Å²) in [5.74, 6) is 0. The minimum Gasteiger partial charge on any atom is -0.314 e. The highest BCUT2D eigenvalue weighted by Gasteiger charge is 2.15. The topological polar surface area (TPSA) is 55.2 Å². The highest BCUT2D eigenvalue weighted by atomic mass is 79.9. The van der Waals surface area contributed by atoms with Gasteiger partial charge in [0.05, 0.1) is 4.92 Å². The Morgan fingerprint density at radius 2 is 2.25 bits per heavy atom. The van der Waals surface area contributed by atoms with Crippen LogP contribution in [0, 0.1) is 10.1 Å². The predicted molar refractivity (Wildman–Crippen MR) is 67.6 cm³/mol. The second-order valence-corrected chi connectivity index (χ2v) is 4.61. The van der Waals surface area contributed by atoms with Crippen LogP contribution >= 0.6 is 15.9 Å². The molecule has 1 aromatic rings. The van der Waals surface area contributed by atoms with Gasteiger partial charge < -0.3 is 5.32 Å². The van der Waals surface area contributed by atoms with Crippen LogP contribution in [0.3, 0.4) is 0 Å². The van der Waals surface area contributed by atoms with Gasteiger partial charge in [0.25, 0.3) is 5.69 Å². The normalized spacial score (nSPS) is 12.4. The van der Waals surface area contributed by atoms with E-state index in [1.165, 1.54) is 0 Å². The van der Waals surface area contributed by atoms with Crippen LogP contribution in [0.2, 0.25) is 0 Å². The van der Waals surface area contributed by atoms with E-state index in [9.17, 15) is 10.1 Å². The minimum absolute atomic E-state index is 0.180. The van der Waals surface area contributed by atoms with Gasteiger partial charge in [0.1, 0.15) is 0 Å². The van der Waals surface area contributed by atoms with Crippen LogP contribution in [0.25, 0.3) is 0 Å². The first-order chi connectivity index (χ1) is 7.54. The first-order valence-corrected chi connectivity index (χ1v) is 6.00. The first kappa shape index (κ1) is 13.1. The summed E-state index contributed by atoms with van der Waals surface area (Å²) in [4.78, 5) is 10.5. The van der Waals surface area contributed by atoms with Crippen LogP contribution in [0.1, 0.15) is 19.4 Å². The Hall–Kier alpha value is -0.940. The average Bonchev–Trinajstić information content (AvgIpc) is 2.20. The van der Waals surface area contributed by atoms with Crippen molar-refractivity contribution in [2.24, 2.45) is 0 Å². The standard InChI is InChI=1S/C11H15BrN2O2/c1-3-13-8(2)6-9-4-5-10(12)7-11(9)14(15)16/h4-5,7-8,13H,3,6H2,1-2H3. The summed E-state index contributed by atoms with van der Waals surface area (Å²) in [6.45, 7) is 4.91. The predicted octanol–water partition coefficient (Wildman–Crippen LogP) is 2.90. The molecular weight excluding hydrogens is 272 g/mol. The van der Waals surface area contributed by atoms with Gasteiger partial charge in [-0.3, -0.25) is 10.1 Å². The summed E-state index contributed by atoms with van der Waals surface area (Å²) in [6.07, 6.45) is 0.664. The Morgan fingerprint density at radius 3 is 2.81 bits per heavy atom. The number of nitro benzene ring substituents is 1. The molecular formula is C11H15BrN2O2. The number of nitrogens with one attached hydrogen (secondary N) is 1. The van der Waals surface area contributed by atoms with Crippen molar-refractivity contribution in [1.82, 2.24) is 5.32 Å². The molecule has 0 bridgehead atoms. The fourth-order valence-corrected chi connectivity index (χ4v) is 1.98. The van der Waals surface area contributed by atoms with Crippen LogP contribution in [0.4, 0.5) is 5.69 Å². The van der Waals surface area contributed by atoms with Gasteiger partial charge in [-0.05, 0) is 26.0 Å². The van der Waals surface area contributed by atoms with E-state index in [2.05, 4.69) is 21.2 Å². The minimum atomic E-state index is -0.335. The Kier molecular flexibility index (Phi) is 4.89. The summed E-state index contributed by atoms with van der Waals surface area (Å²) >= 11 is 3.24. The molecule has 0 aliphatic heterocycles. The maximum absolute atomic E-state index is 10.9. The molecule has 0 aliphatic carbocycles. The van der Waals surface area contributed by atoms with Crippen LogP contribution in [0.15, 0.2) is 22.7 Å². The molecule has 88 valence electrons. The van der Waals surface area contributed by atoms with Crippen molar-refractivity contribution >= 4 is 21.6 Å². The molecule has 0 amide bonds. The van der Waals surface area contributed by atoms with Gasteiger partial charge in [0.15, 0.2) is 0 Å². The molecule has 0 spiro atoms. The smallest absolute Gasteiger partial charge is 0.273 e. The Balaban J connectivity index is 2.90. The summed E-state index contributed by atoms with van der Waals surface area (Å²) in [5.41, 5.74) is 0.945. The lowest BCUT2D eigenvalue weighted by molar-refractivity contribution is -0.385. The monoisotopic (exact) mass is 286 g/mol. The van der Waals surface area contributed by atoms with Crippen molar-refractivity contribution in [1.29, 1.82) is 0 Å². The van der Waals surface area contributed by atoms with Crippen molar-refractivity contribution in [2.75, 3.05) is 6.54 Å². The van der Waals surface area contributed by atoms with Crippen molar-refractivity contribution in [2.45, 2.75) is 26.3 Å². The highest BCUT2D eigenvalue weighted by molar-refractivity contribution is 9.10. The third-order valence-corrected chi connectivity index (χ3v) is 2.82. The first-order valence-electron chi connectivity index (χ1n) is 5.20. The van der Waals surface area contributed by atoms with Crippen LogP contribution in [-0.4, -0.2) is 17.5 Å². The molecule has 0 aliphatic rings. The summed E-state index contributed by atoms with van der Waals surface area (Å²) in [6, 6.07) is 5.43. The number of hydrogen-bond acceptors (Lipinski definition) is 3. The Labute approximate surface area is 103 Å². The van der Waals surface area contributed by atoms with Crippen LogP contribution < -0.4 is 5.32 Å². The average molecular weight is 287 g/mol. The SMILES string of the molecule is CCNC(C)Cc1ccc(Br)cc1[N+](=O)[O-]. The summed E-state index contributed by atoms with van der Waals surface area (Å²) in [5, 5.41) is 14.1. The maximum atomic E-state index is 10.9. The molecule has 1 unspecified atom stereocenters. The second-order valence-electron chi connectivity index (χ2n) is 3.69.